The zero-order valence-electron chi connectivity index (χ0n) is 12.4. The summed E-state index contributed by atoms with van der Waals surface area (Å²) in [6.45, 7) is 0.514. The smallest absolute Gasteiger partial charge is 0.324 e. The number of benzene rings is 1. The first-order valence-corrected chi connectivity index (χ1v) is 8.36. The minimum absolute atomic E-state index is 0.126. The summed E-state index contributed by atoms with van der Waals surface area (Å²) in [5.41, 5.74) is 0.699. The lowest BCUT2D eigenvalue weighted by Gasteiger charge is -2.30. The summed E-state index contributed by atoms with van der Waals surface area (Å²) in [6.07, 6.45) is -0.0371. The van der Waals surface area contributed by atoms with E-state index in [2.05, 4.69) is 16.4 Å². The van der Waals surface area contributed by atoms with Crippen LogP contribution in [0.2, 0.25) is 0 Å². The van der Waals surface area contributed by atoms with Gasteiger partial charge in [0, 0.05) is 6.42 Å². The van der Waals surface area contributed by atoms with Crippen molar-refractivity contribution >= 4 is 32.7 Å². The number of hydrogen-bond acceptors (Lipinski definition) is 7. The monoisotopic (exact) mass is 344 g/mol. The summed E-state index contributed by atoms with van der Waals surface area (Å²) in [7, 11) is 0. The third kappa shape index (κ3) is 1.87. The van der Waals surface area contributed by atoms with E-state index in [0.29, 0.717) is 35.2 Å². The van der Waals surface area contributed by atoms with Crippen LogP contribution in [0.15, 0.2) is 12.1 Å². The number of urea groups is 1. The van der Waals surface area contributed by atoms with Crippen LogP contribution < -0.4 is 19.7 Å². The Morgan fingerprint density at radius 2 is 2.33 bits per heavy atom. The number of carbonyl (C=O) groups excluding carboxylic acids is 1. The molecule has 0 bridgehead atoms. The van der Waals surface area contributed by atoms with Crippen molar-refractivity contribution in [2.75, 3.05) is 18.3 Å². The van der Waals surface area contributed by atoms with E-state index in [1.54, 1.807) is 4.90 Å². The number of thiazole rings is 1. The maximum Gasteiger partial charge on any atom is 0.324 e. The lowest BCUT2D eigenvalue weighted by molar-refractivity contribution is 0.0299. The lowest BCUT2D eigenvalue weighted by atomic mass is 10.00. The third-order valence-electron chi connectivity index (χ3n) is 4.49. The number of ether oxygens (including phenoxy) is 3. The highest BCUT2D eigenvalue weighted by atomic mass is 32.1. The second-order valence-corrected chi connectivity index (χ2v) is 6.83. The van der Waals surface area contributed by atoms with E-state index in [9.17, 15) is 4.79 Å². The van der Waals surface area contributed by atoms with Gasteiger partial charge in [0.25, 0.3) is 0 Å². The molecule has 3 aliphatic heterocycles. The maximum atomic E-state index is 12.4. The number of anilines is 1. The molecule has 4 heterocycles. The topological polar surface area (TPSA) is 96.7 Å². The first-order chi connectivity index (χ1) is 11.7. The number of nitriles is 1. The van der Waals surface area contributed by atoms with Crippen LogP contribution in [0.25, 0.3) is 10.2 Å². The fourth-order valence-electron chi connectivity index (χ4n) is 3.35. The summed E-state index contributed by atoms with van der Waals surface area (Å²) in [5, 5.41) is 12.6. The van der Waals surface area contributed by atoms with Crippen molar-refractivity contribution in [1.29, 1.82) is 5.26 Å². The van der Waals surface area contributed by atoms with Crippen molar-refractivity contribution in [2.24, 2.45) is 0 Å². The third-order valence-corrected chi connectivity index (χ3v) is 5.51. The Bertz CT molecular complexity index is 891. The quantitative estimate of drug-likeness (QED) is 0.844. The summed E-state index contributed by atoms with van der Waals surface area (Å²) in [4.78, 5) is 18.7. The van der Waals surface area contributed by atoms with Gasteiger partial charge in [0.2, 0.25) is 6.79 Å². The molecule has 2 saturated heterocycles. The van der Waals surface area contributed by atoms with Gasteiger partial charge in [-0.3, -0.25) is 4.90 Å². The molecule has 0 unspecified atom stereocenters. The van der Waals surface area contributed by atoms with E-state index < -0.39 is 6.10 Å². The van der Waals surface area contributed by atoms with Crippen molar-refractivity contribution in [3.63, 3.8) is 0 Å². The molecule has 2 fully saturated rings. The lowest BCUT2D eigenvalue weighted by Crippen LogP contribution is -2.47. The van der Waals surface area contributed by atoms with Gasteiger partial charge in [-0.15, -0.1) is 0 Å². The highest BCUT2D eigenvalue weighted by Crippen LogP contribution is 2.43. The molecule has 3 atom stereocenters. The number of aromatic nitrogens is 1. The predicted octanol–water partition coefficient (Wildman–Crippen LogP) is 1.60. The van der Waals surface area contributed by atoms with Crippen LogP contribution in [0, 0.1) is 11.3 Å². The Morgan fingerprint density at radius 1 is 1.42 bits per heavy atom. The Labute approximate surface area is 140 Å². The average molecular weight is 344 g/mol. The molecule has 9 heteroatoms. The van der Waals surface area contributed by atoms with Crippen LogP contribution >= 0.6 is 11.3 Å². The molecule has 1 aromatic carbocycles. The van der Waals surface area contributed by atoms with Gasteiger partial charge >= 0.3 is 6.03 Å². The highest BCUT2D eigenvalue weighted by Gasteiger charge is 2.46. The van der Waals surface area contributed by atoms with Crippen molar-refractivity contribution in [3.05, 3.63) is 12.1 Å². The minimum atomic E-state index is -0.503. The summed E-state index contributed by atoms with van der Waals surface area (Å²) >= 11 is 1.42. The number of amides is 2. The molecule has 5 rings (SSSR count). The summed E-state index contributed by atoms with van der Waals surface area (Å²) in [6, 6.07) is 5.41. The maximum absolute atomic E-state index is 12.4. The standard InChI is InChI=1S/C15H12N4O4S/c16-4-7-3-9-8(5-21-7)17-14(20)19(9)15-18-12-11(24-15)2-1-10-13(12)23-6-22-10/h1-2,7-9H,3,5-6H2,(H,17,20)/t7-,8+,9-/m1/s1. The van der Waals surface area contributed by atoms with Crippen LogP contribution in [-0.2, 0) is 4.74 Å². The molecule has 2 aromatic rings. The van der Waals surface area contributed by atoms with Gasteiger partial charge in [-0.05, 0) is 12.1 Å². The summed E-state index contributed by atoms with van der Waals surface area (Å²) in [5.74, 6) is 1.28. The molecule has 2 amide bonds. The molecule has 3 aliphatic rings. The number of fused-ring (bicyclic) bond motifs is 4. The predicted molar refractivity (Wildman–Crippen MR) is 84.3 cm³/mol. The Hall–Kier alpha value is -2.57. The molecule has 0 spiro atoms. The van der Waals surface area contributed by atoms with Gasteiger partial charge in [0.05, 0.1) is 29.5 Å². The van der Waals surface area contributed by atoms with Crippen molar-refractivity contribution in [2.45, 2.75) is 24.6 Å². The molecule has 0 radical (unpaired) electrons. The molecule has 0 aliphatic carbocycles. The molecule has 0 saturated carbocycles. The largest absolute Gasteiger partial charge is 0.454 e. The second kappa shape index (κ2) is 4.96. The fraction of sp³-hybridized carbons (Fsp3) is 0.400. The zero-order chi connectivity index (χ0) is 16.3. The average Bonchev–Trinajstić information content (AvgIpc) is 3.28. The van der Waals surface area contributed by atoms with Gasteiger partial charge in [0.15, 0.2) is 16.6 Å². The van der Waals surface area contributed by atoms with E-state index >= 15 is 0 Å². The van der Waals surface area contributed by atoms with E-state index in [0.717, 1.165) is 4.70 Å². The Morgan fingerprint density at radius 3 is 3.21 bits per heavy atom. The van der Waals surface area contributed by atoms with Crippen molar-refractivity contribution in [3.8, 4) is 17.6 Å². The van der Waals surface area contributed by atoms with E-state index in [4.69, 9.17) is 19.5 Å². The van der Waals surface area contributed by atoms with Crippen LogP contribution in [0.5, 0.6) is 11.5 Å². The van der Waals surface area contributed by atoms with Gasteiger partial charge in [-0.1, -0.05) is 11.3 Å². The number of hydrogen-bond donors (Lipinski definition) is 1. The van der Waals surface area contributed by atoms with Gasteiger partial charge in [0.1, 0.15) is 11.6 Å². The van der Waals surface area contributed by atoms with Crippen LogP contribution in [0.4, 0.5) is 9.93 Å². The zero-order valence-corrected chi connectivity index (χ0v) is 13.2. The van der Waals surface area contributed by atoms with Crippen LogP contribution in [-0.4, -0.2) is 42.6 Å². The molecule has 1 N–H and O–H groups in total. The van der Waals surface area contributed by atoms with Crippen molar-refractivity contribution in [1.82, 2.24) is 10.3 Å². The number of nitrogens with one attached hydrogen (secondary N) is 1. The van der Waals surface area contributed by atoms with Gasteiger partial charge in [-0.2, -0.15) is 5.26 Å². The number of nitrogens with zero attached hydrogens (tertiary/aromatic N) is 3. The molecular formula is C15H12N4O4S. The van der Waals surface area contributed by atoms with E-state index in [1.165, 1.54) is 11.3 Å². The van der Waals surface area contributed by atoms with Gasteiger partial charge in [-0.25, -0.2) is 9.78 Å². The first kappa shape index (κ1) is 13.8. The normalized spacial score (nSPS) is 27.9. The van der Waals surface area contributed by atoms with Crippen LogP contribution in [0.3, 0.4) is 0 Å². The van der Waals surface area contributed by atoms with E-state index in [1.807, 2.05) is 12.1 Å². The number of carbonyl (C=O) groups is 1. The SMILES string of the molecule is N#C[C@H]1C[C@@H]2[C@H](CO1)NC(=O)N2c1nc2c3c(ccc2s1)OCO3. The Kier molecular flexibility index (Phi) is 2.86. The van der Waals surface area contributed by atoms with Gasteiger partial charge < -0.3 is 19.5 Å². The first-order valence-electron chi connectivity index (χ1n) is 7.54. The molecule has 24 heavy (non-hydrogen) atoms. The van der Waals surface area contributed by atoms with E-state index in [-0.39, 0.29) is 24.9 Å². The molecule has 8 nitrogen and oxygen atoms in total. The molecule has 122 valence electrons. The molecule has 1 aromatic heterocycles. The van der Waals surface area contributed by atoms with Crippen molar-refractivity contribution < 1.29 is 19.0 Å². The highest BCUT2D eigenvalue weighted by molar-refractivity contribution is 7.22. The second-order valence-electron chi connectivity index (χ2n) is 5.82. The Balaban J connectivity index is 1.56. The minimum Gasteiger partial charge on any atom is -0.454 e. The number of rotatable bonds is 1. The molecular weight excluding hydrogens is 332 g/mol. The van der Waals surface area contributed by atoms with Crippen LogP contribution in [0.1, 0.15) is 6.42 Å². The fourth-order valence-corrected chi connectivity index (χ4v) is 4.37. The summed E-state index contributed by atoms with van der Waals surface area (Å²) < 4.78 is 17.2.